The number of methoxy groups -OCH3 is 2. The summed E-state index contributed by atoms with van der Waals surface area (Å²) in [6.07, 6.45) is 4.85. The predicted molar refractivity (Wildman–Crippen MR) is 266 cm³/mol. The van der Waals surface area contributed by atoms with Gasteiger partial charge in [-0.25, -0.2) is 4.39 Å². The summed E-state index contributed by atoms with van der Waals surface area (Å²) in [5.41, 5.74) is 3.78. The molecule has 67 heavy (non-hydrogen) atoms. The Kier molecular flexibility index (Phi) is 13.4. The van der Waals surface area contributed by atoms with Crippen LogP contribution in [-0.2, 0) is 29.0 Å². The predicted octanol–water partition coefficient (Wildman–Crippen LogP) is 13.5. The third-order valence-electron chi connectivity index (χ3n) is 12.1. The molecule has 1 atom stereocenters. The lowest BCUT2D eigenvalue weighted by atomic mass is 9.76. The van der Waals surface area contributed by atoms with Crippen LogP contribution in [0.5, 0.6) is 23.0 Å². The normalized spacial score (nSPS) is 16.8. The Bertz CT molecular complexity index is 2660. The van der Waals surface area contributed by atoms with Gasteiger partial charge in [0.05, 0.1) is 54.9 Å². The van der Waals surface area contributed by atoms with Crippen LogP contribution >= 0.6 is 0 Å². The summed E-state index contributed by atoms with van der Waals surface area (Å²) in [6, 6.07) is 27.1. The lowest BCUT2D eigenvalue weighted by Crippen LogP contribution is -2.57. The topological polar surface area (TPSA) is 97.6 Å². The molecule has 0 saturated carbocycles. The molecule has 1 unspecified atom stereocenters. The lowest BCUT2D eigenvalue weighted by molar-refractivity contribution is -0.0823. The summed E-state index contributed by atoms with van der Waals surface area (Å²) < 4.78 is 66.6. The van der Waals surface area contributed by atoms with Crippen molar-refractivity contribution >= 4 is 25.7 Å². The van der Waals surface area contributed by atoms with E-state index in [0.29, 0.717) is 54.2 Å². The second kappa shape index (κ2) is 18.0. The molecule has 0 bridgehead atoms. The minimum absolute atomic E-state index is 0.324. The second-order valence-corrected chi connectivity index (χ2v) is 24.2. The van der Waals surface area contributed by atoms with Gasteiger partial charge in [0, 0.05) is 33.5 Å². The molecule has 0 N–H and O–H groups in total. The minimum atomic E-state index is -3.20. The number of hydrogen-bond donors (Lipinski definition) is 0. The van der Waals surface area contributed by atoms with Crippen molar-refractivity contribution in [3.8, 4) is 40.2 Å². The van der Waals surface area contributed by atoms with E-state index in [9.17, 15) is 9.65 Å². The number of benzene rings is 5. The van der Waals surface area contributed by atoms with Gasteiger partial charge in [0.25, 0.3) is 0 Å². The fourth-order valence-corrected chi connectivity index (χ4v) is 13.6. The van der Waals surface area contributed by atoms with Crippen molar-refractivity contribution in [2.45, 2.75) is 136 Å². The molecular formula is C56H68FNO8Si. The highest BCUT2D eigenvalue weighted by Crippen LogP contribution is 2.59. The molecule has 0 saturated heterocycles. The zero-order valence-electron chi connectivity index (χ0n) is 42.1. The molecule has 11 heteroatoms. The van der Waals surface area contributed by atoms with E-state index in [2.05, 4.69) is 45.9 Å². The molecule has 0 radical (unpaired) electrons. The third kappa shape index (κ3) is 10.4. The van der Waals surface area contributed by atoms with Crippen molar-refractivity contribution < 1.29 is 41.4 Å². The highest BCUT2D eigenvalue weighted by Gasteiger charge is 2.51. The van der Waals surface area contributed by atoms with Crippen molar-refractivity contribution in [2.75, 3.05) is 27.4 Å². The summed E-state index contributed by atoms with van der Waals surface area (Å²) in [5.74, 6) is 2.12. The number of nitriles is 1. The van der Waals surface area contributed by atoms with Crippen LogP contribution in [0.25, 0.3) is 28.0 Å². The largest absolute Gasteiger partial charge is 0.502 e. The maximum Gasteiger partial charge on any atom is 0.502 e. The van der Waals surface area contributed by atoms with E-state index < -0.39 is 42.2 Å². The van der Waals surface area contributed by atoms with Gasteiger partial charge in [0.1, 0.15) is 23.9 Å². The molecule has 1 aliphatic heterocycles. The summed E-state index contributed by atoms with van der Waals surface area (Å²) in [7, 11) is 0.0481. The number of hydrogen-bond acceptors (Lipinski definition) is 9. The van der Waals surface area contributed by atoms with E-state index in [1.807, 2.05) is 117 Å². The zero-order valence-corrected chi connectivity index (χ0v) is 43.1. The van der Waals surface area contributed by atoms with Crippen molar-refractivity contribution in [2.24, 2.45) is 0 Å². The molecule has 5 aromatic rings. The van der Waals surface area contributed by atoms with Crippen LogP contribution in [0, 0.1) is 17.1 Å². The van der Waals surface area contributed by atoms with Crippen molar-refractivity contribution in [1.82, 2.24) is 0 Å². The van der Waals surface area contributed by atoms with Gasteiger partial charge < -0.3 is 37.0 Å². The van der Waals surface area contributed by atoms with Crippen molar-refractivity contribution in [1.29, 1.82) is 5.26 Å². The van der Waals surface area contributed by atoms with Crippen LogP contribution in [0.15, 0.2) is 84.9 Å². The Hall–Kier alpha value is -5.22. The summed E-state index contributed by atoms with van der Waals surface area (Å²) >= 11 is 0. The summed E-state index contributed by atoms with van der Waals surface area (Å²) in [4.78, 5) is 0. The van der Waals surface area contributed by atoms with Gasteiger partial charge in [0.2, 0.25) is 0 Å². The lowest BCUT2D eigenvalue weighted by Gasteiger charge is -2.44. The van der Waals surface area contributed by atoms with E-state index in [1.165, 1.54) is 12.1 Å². The average Bonchev–Trinajstić information content (AvgIpc) is 3.48. The zero-order chi connectivity index (χ0) is 49.0. The van der Waals surface area contributed by atoms with Crippen molar-refractivity contribution in [3.05, 3.63) is 124 Å². The molecule has 0 fully saturated rings. The molecule has 356 valence electrons. The molecule has 0 spiro atoms. The van der Waals surface area contributed by atoms with Gasteiger partial charge in [-0.1, -0.05) is 50.3 Å². The first-order chi connectivity index (χ1) is 31.2. The Labute approximate surface area is 398 Å². The first kappa shape index (κ1) is 49.7. The van der Waals surface area contributed by atoms with Crippen LogP contribution in [-0.4, -0.2) is 58.6 Å². The third-order valence-corrected chi connectivity index (χ3v) is 15.7. The fraction of sp³-hybridized carbons (Fsp3) is 0.446. The summed E-state index contributed by atoms with van der Waals surface area (Å²) in [5, 5.41) is 11.7. The van der Waals surface area contributed by atoms with Crippen LogP contribution in [0.2, 0.25) is 6.04 Å². The Balaban J connectivity index is 1.17. The van der Waals surface area contributed by atoms with E-state index >= 15 is 0 Å². The summed E-state index contributed by atoms with van der Waals surface area (Å²) in [6.45, 7) is 27.5. The van der Waals surface area contributed by atoms with Crippen LogP contribution in [0.1, 0.15) is 130 Å². The van der Waals surface area contributed by atoms with Crippen LogP contribution in [0.3, 0.4) is 0 Å². The monoisotopic (exact) mass is 929 g/mol. The van der Waals surface area contributed by atoms with E-state index in [0.717, 1.165) is 49.7 Å². The molecule has 5 aromatic carbocycles. The van der Waals surface area contributed by atoms with Gasteiger partial charge >= 0.3 is 8.80 Å². The molecule has 9 nitrogen and oxygen atoms in total. The average molecular weight is 930 g/mol. The first-order valence-corrected chi connectivity index (χ1v) is 25.1. The van der Waals surface area contributed by atoms with Crippen molar-refractivity contribution in [3.63, 3.8) is 0 Å². The molecule has 2 aliphatic rings. The second-order valence-electron chi connectivity index (χ2n) is 21.7. The van der Waals surface area contributed by atoms with Gasteiger partial charge in [-0.05, 0) is 165 Å². The quantitative estimate of drug-likeness (QED) is 0.0751. The van der Waals surface area contributed by atoms with Gasteiger partial charge in [0.15, 0.2) is 17.1 Å². The maximum absolute atomic E-state index is 14.6. The Morgan fingerprint density at radius 2 is 1.25 bits per heavy atom. The van der Waals surface area contributed by atoms with Crippen LogP contribution < -0.4 is 18.9 Å². The van der Waals surface area contributed by atoms with E-state index in [-0.39, 0.29) is 5.82 Å². The smallest absolute Gasteiger partial charge is 0.493 e. The molecular weight excluding hydrogens is 862 g/mol. The van der Waals surface area contributed by atoms with Gasteiger partial charge in [-0.2, -0.15) is 5.26 Å². The molecule has 1 aliphatic carbocycles. The number of halogens is 1. The standard InChI is InChI=1S/C56H68FNO8Si/c1-51(2,3)64-67(65-52(4,5)6,66-53(7,8)9)31-28-54(10,11)62-30-29-61-40-23-19-38(20-24-40)56(37-17-21-39(57)22-18-37)27-26-42-49-48(41-25-16-36(35-58)32-45(41)55(49,12)13)43-33-46(59-14)47(60-15)34-44(43)50(42)63-56/h16-27,32-34H,28-31H2,1-15H3. The van der Waals surface area contributed by atoms with E-state index in [4.69, 9.17) is 37.0 Å². The number of ether oxygens (including phenoxy) is 5. The molecule has 7 rings (SSSR count). The number of rotatable bonds is 15. The fourth-order valence-electron chi connectivity index (χ4n) is 9.47. The SMILES string of the molecule is COc1cc2c3c(c4c(c2cc1OC)-c1ccc(C#N)cc1C4(C)C)C=CC(c1ccc(F)cc1)(c1ccc(OCCOC(C)(C)CC[Si](OC(C)(C)C)(OC(C)(C)C)OC(C)(C)C)cc1)O3. The minimum Gasteiger partial charge on any atom is -0.493 e. The Morgan fingerprint density at radius 1 is 0.701 bits per heavy atom. The maximum atomic E-state index is 14.6. The molecule has 0 aromatic heterocycles. The van der Waals surface area contributed by atoms with Crippen LogP contribution in [0.4, 0.5) is 4.39 Å². The molecule has 1 heterocycles. The Morgan fingerprint density at radius 3 is 1.79 bits per heavy atom. The number of fused-ring (bicyclic) bond motifs is 8. The van der Waals surface area contributed by atoms with Gasteiger partial charge in [-0.3, -0.25) is 0 Å². The number of nitrogens with zero attached hydrogens (tertiary/aromatic N) is 1. The van der Waals surface area contributed by atoms with Gasteiger partial charge in [-0.15, -0.1) is 0 Å². The molecule has 0 amide bonds. The first-order valence-electron chi connectivity index (χ1n) is 23.2. The van der Waals surface area contributed by atoms with E-state index in [1.54, 1.807) is 26.4 Å². The highest BCUT2D eigenvalue weighted by molar-refractivity contribution is 6.61. The highest BCUT2D eigenvalue weighted by atomic mass is 28.4.